The van der Waals surface area contributed by atoms with Crippen molar-refractivity contribution in [1.82, 2.24) is 9.97 Å². The molecule has 0 aliphatic carbocycles. The highest BCUT2D eigenvalue weighted by Crippen LogP contribution is 2.22. The average molecular weight is 243 g/mol. The number of ether oxygens (including phenoxy) is 1. The Labute approximate surface area is 99.4 Å². The van der Waals surface area contributed by atoms with E-state index in [-0.39, 0.29) is 5.15 Å². The third-order valence-corrected chi connectivity index (χ3v) is 2.95. The molecule has 1 aliphatic heterocycles. The first-order valence-corrected chi connectivity index (χ1v) is 5.72. The quantitative estimate of drug-likeness (QED) is 0.787. The van der Waals surface area contributed by atoms with Gasteiger partial charge in [0.25, 0.3) is 0 Å². The zero-order valence-electron chi connectivity index (χ0n) is 8.95. The Morgan fingerprint density at radius 1 is 1.56 bits per heavy atom. The third kappa shape index (κ3) is 2.74. The molecule has 0 amide bonds. The molecule has 6 heteroatoms. The van der Waals surface area contributed by atoms with Gasteiger partial charge in [-0.25, -0.2) is 9.97 Å². The first kappa shape index (κ1) is 11.4. The van der Waals surface area contributed by atoms with Crippen molar-refractivity contribution in [2.75, 3.05) is 30.8 Å². The van der Waals surface area contributed by atoms with Crippen molar-refractivity contribution in [3.8, 4) is 0 Å². The lowest BCUT2D eigenvalue weighted by molar-refractivity contribution is 0.0595. The molecule has 1 aromatic rings. The summed E-state index contributed by atoms with van der Waals surface area (Å²) in [6.45, 7) is 2.47. The summed E-state index contributed by atoms with van der Waals surface area (Å²) in [5.74, 6) is 1.12. The monoisotopic (exact) mass is 242 g/mol. The predicted molar refractivity (Wildman–Crippen MR) is 63.5 cm³/mol. The number of hydrogen-bond acceptors (Lipinski definition) is 5. The molecule has 5 nitrogen and oxygen atoms in total. The molecule has 16 heavy (non-hydrogen) atoms. The van der Waals surface area contributed by atoms with E-state index in [2.05, 4.69) is 15.3 Å². The lowest BCUT2D eigenvalue weighted by atomic mass is 10.0. The fourth-order valence-corrected chi connectivity index (χ4v) is 1.86. The molecule has 1 atom stereocenters. The maximum Gasteiger partial charge on any atom is 0.157 e. The number of halogens is 1. The maximum atomic E-state index is 5.79. The normalized spacial score (nSPS) is 20.7. The molecule has 88 valence electrons. The minimum Gasteiger partial charge on any atom is -0.393 e. The van der Waals surface area contributed by atoms with E-state index in [4.69, 9.17) is 22.1 Å². The van der Waals surface area contributed by atoms with Crippen LogP contribution in [-0.2, 0) is 4.74 Å². The molecule has 0 aromatic carbocycles. The highest BCUT2D eigenvalue weighted by Gasteiger charge is 2.14. The van der Waals surface area contributed by atoms with Gasteiger partial charge in [-0.1, -0.05) is 11.6 Å². The summed E-state index contributed by atoms with van der Waals surface area (Å²) in [5, 5.41) is 3.47. The number of anilines is 2. The van der Waals surface area contributed by atoms with E-state index >= 15 is 0 Å². The number of nitrogens with two attached hydrogens (primary N) is 1. The summed E-state index contributed by atoms with van der Waals surface area (Å²) < 4.78 is 5.39. The number of nitrogen functional groups attached to an aromatic ring is 1. The minimum absolute atomic E-state index is 0.289. The number of hydrogen-bond donors (Lipinski definition) is 2. The highest BCUT2D eigenvalue weighted by atomic mass is 35.5. The van der Waals surface area contributed by atoms with Crippen LogP contribution in [0.2, 0.25) is 5.15 Å². The van der Waals surface area contributed by atoms with Gasteiger partial charge in [0.2, 0.25) is 0 Å². The van der Waals surface area contributed by atoms with E-state index in [1.165, 1.54) is 12.7 Å². The van der Waals surface area contributed by atoms with Crippen LogP contribution in [0.4, 0.5) is 11.5 Å². The van der Waals surface area contributed by atoms with Crippen LogP contribution in [0.15, 0.2) is 6.33 Å². The average Bonchev–Trinajstić information content (AvgIpc) is 2.32. The molecule has 0 bridgehead atoms. The fraction of sp³-hybridized carbons (Fsp3) is 0.600. The van der Waals surface area contributed by atoms with Crippen molar-refractivity contribution >= 4 is 23.1 Å². The van der Waals surface area contributed by atoms with E-state index < -0.39 is 0 Å². The smallest absolute Gasteiger partial charge is 0.157 e. The topological polar surface area (TPSA) is 73.1 Å². The first-order chi connectivity index (χ1) is 7.77. The van der Waals surface area contributed by atoms with E-state index in [0.29, 0.717) is 17.4 Å². The SMILES string of the molecule is Nc1c(Cl)ncnc1NCC1CCCOC1. The van der Waals surface area contributed by atoms with Crippen molar-refractivity contribution in [2.24, 2.45) is 5.92 Å². The van der Waals surface area contributed by atoms with Gasteiger partial charge in [0.15, 0.2) is 11.0 Å². The Morgan fingerprint density at radius 3 is 3.19 bits per heavy atom. The van der Waals surface area contributed by atoms with Crippen molar-refractivity contribution in [1.29, 1.82) is 0 Å². The highest BCUT2D eigenvalue weighted by molar-refractivity contribution is 6.32. The van der Waals surface area contributed by atoms with E-state index in [1.807, 2.05) is 0 Å². The molecule has 3 N–H and O–H groups in total. The van der Waals surface area contributed by atoms with Crippen LogP contribution in [0.25, 0.3) is 0 Å². The standard InChI is InChI=1S/C10H15ClN4O/c11-9-8(12)10(15-6-14-9)13-4-7-2-1-3-16-5-7/h6-7H,1-5,12H2,(H,13,14,15). The van der Waals surface area contributed by atoms with Crippen LogP contribution in [0, 0.1) is 5.92 Å². The van der Waals surface area contributed by atoms with Gasteiger partial charge in [0.1, 0.15) is 12.0 Å². The third-order valence-electron chi connectivity index (χ3n) is 2.65. The summed E-state index contributed by atoms with van der Waals surface area (Å²) in [4.78, 5) is 7.85. The lowest BCUT2D eigenvalue weighted by Gasteiger charge is -2.22. The van der Waals surface area contributed by atoms with Gasteiger partial charge in [0.05, 0.1) is 6.61 Å². The Kier molecular flexibility index (Phi) is 3.79. The van der Waals surface area contributed by atoms with E-state index in [0.717, 1.165) is 26.2 Å². The molecule has 1 unspecified atom stereocenters. The summed E-state index contributed by atoms with van der Waals surface area (Å²) in [6, 6.07) is 0. The molecule has 2 rings (SSSR count). The second kappa shape index (κ2) is 5.32. The zero-order chi connectivity index (χ0) is 11.4. The summed E-state index contributed by atoms with van der Waals surface area (Å²) in [7, 11) is 0. The molecule has 2 heterocycles. The van der Waals surface area contributed by atoms with Crippen LogP contribution in [0.1, 0.15) is 12.8 Å². The molecule has 1 aliphatic rings. The first-order valence-electron chi connectivity index (χ1n) is 5.35. The van der Waals surface area contributed by atoms with Crippen molar-refractivity contribution in [3.63, 3.8) is 0 Å². The van der Waals surface area contributed by atoms with Crippen LogP contribution in [-0.4, -0.2) is 29.7 Å². The Morgan fingerprint density at radius 2 is 2.44 bits per heavy atom. The van der Waals surface area contributed by atoms with E-state index in [1.54, 1.807) is 0 Å². The second-order valence-corrected chi connectivity index (χ2v) is 4.25. The molecule has 0 radical (unpaired) electrons. The Hall–Kier alpha value is -1.07. The minimum atomic E-state index is 0.289. The zero-order valence-corrected chi connectivity index (χ0v) is 9.70. The number of nitrogens with zero attached hydrogens (tertiary/aromatic N) is 2. The molecular formula is C10H15ClN4O. The van der Waals surface area contributed by atoms with Gasteiger partial charge in [-0.05, 0) is 18.8 Å². The van der Waals surface area contributed by atoms with Gasteiger partial charge < -0.3 is 15.8 Å². The largest absolute Gasteiger partial charge is 0.393 e. The number of nitrogens with one attached hydrogen (secondary N) is 1. The van der Waals surface area contributed by atoms with Gasteiger partial charge >= 0.3 is 0 Å². The van der Waals surface area contributed by atoms with Crippen LogP contribution >= 0.6 is 11.6 Å². The van der Waals surface area contributed by atoms with Crippen molar-refractivity contribution < 1.29 is 4.74 Å². The van der Waals surface area contributed by atoms with Gasteiger partial charge in [-0.15, -0.1) is 0 Å². The van der Waals surface area contributed by atoms with E-state index in [9.17, 15) is 0 Å². The molecule has 1 aromatic heterocycles. The lowest BCUT2D eigenvalue weighted by Crippen LogP contribution is -2.24. The van der Waals surface area contributed by atoms with Crippen molar-refractivity contribution in [2.45, 2.75) is 12.8 Å². The summed E-state index contributed by atoms with van der Waals surface area (Å²) in [5.41, 5.74) is 6.15. The van der Waals surface area contributed by atoms with Gasteiger partial charge in [0, 0.05) is 13.2 Å². The number of aromatic nitrogens is 2. The Balaban J connectivity index is 1.91. The molecular weight excluding hydrogens is 228 g/mol. The molecule has 1 fully saturated rings. The van der Waals surface area contributed by atoms with Crippen LogP contribution in [0.5, 0.6) is 0 Å². The predicted octanol–water partition coefficient (Wildman–Crippen LogP) is 1.55. The molecule has 0 saturated carbocycles. The second-order valence-electron chi connectivity index (χ2n) is 3.89. The summed E-state index contributed by atoms with van der Waals surface area (Å²) >= 11 is 5.79. The number of rotatable bonds is 3. The maximum absolute atomic E-state index is 5.79. The van der Waals surface area contributed by atoms with Gasteiger partial charge in [-0.2, -0.15) is 0 Å². The van der Waals surface area contributed by atoms with Crippen LogP contribution in [0.3, 0.4) is 0 Å². The van der Waals surface area contributed by atoms with Gasteiger partial charge in [-0.3, -0.25) is 0 Å². The fourth-order valence-electron chi connectivity index (χ4n) is 1.72. The van der Waals surface area contributed by atoms with Crippen molar-refractivity contribution in [3.05, 3.63) is 11.5 Å². The molecule has 0 spiro atoms. The summed E-state index contributed by atoms with van der Waals surface area (Å²) in [6.07, 6.45) is 3.69. The molecule has 1 saturated heterocycles. The van der Waals surface area contributed by atoms with Crippen LogP contribution < -0.4 is 11.1 Å². The Bertz CT molecular complexity index is 355.